The van der Waals surface area contributed by atoms with E-state index in [1.807, 2.05) is 58.0 Å². The Morgan fingerprint density at radius 2 is 1.66 bits per heavy atom. The summed E-state index contributed by atoms with van der Waals surface area (Å²) in [4.78, 5) is 37.8. The van der Waals surface area contributed by atoms with Crippen LogP contribution in [0, 0.1) is 17.8 Å². The SMILES string of the molecule is CC(C)C[C@H](NC(=O)OC(C)(C)C)C(=O)N[C@@H](C(C)C)[C@H](O)C1C(=O)C1c1ccccc1. The van der Waals surface area contributed by atoms with Crippen molar-refractivity contribution in [3.8, 4) is 0 Å². The number of carbonyl (C=O) groups excluding carboxylic acids is 3. The van der Waals surface area contributed by atoms with Gasteiger partial charge in [0.25, 0.3) is 0 Å². The van der Waals surface area contributed by atoms with Gasteiger partial charge in [0.1, 0.15) is 17.4 Å². The van der Waals surface area contributed by atoms with Crippen LogP contribution in [0.2, 0.25) is 0 Å². The van der Waals surface area contributed by atoms with Crippen molar-refractivity contribution in [2.75, 3.05) is 0 Å². The number of amides is 2. The highest BCUT2D eigenvalue weighted by Gasteiger charge is 2.56. The van der Waals surface area contributed by atoms with E-state index in [0.717, 1.165) is 5.56 Å². The van der Waals surface area contributed by atoms with E-state index < -0.39 is 41.7 Å². The standard InChI is InChI=1S/C25H38N2O5/c1-14(2)13-17(26-24(31)32-25(5,6)7)23(30)27-20(15(3)4)22(29)19-18(21(19)28)16-11-9-8-10-12-16/h8-12,14-15,17-20,22,29H,13H2,1-7H3,(H,26,31)(H,27,30)/t17-,18?,19?,20-,22+/m0/s1. The number of carbonyl (C=O) groups is 3. The first-order valence-electron chi connectivity index (χ1n) is 11.4. The van der Waals surface area contributed by atoms with Crippen molar-refractivity contribution in [3.63, 3.8) is 0 Å². The quantitative estimate of drug-likeness (QED) is 0.539. The second kappa shape index (κ2) is 10.5. The monoisotopic (exact) mass is 446 g/mol. The summed E-state index contributed by atoms with van der Waals surface area (Å²) in [5, 5.41) is 16.6. The van der Waals surface area contributed by atoms with Gasteiger partial charge in [0.05, 0.1) is 24.0 Å². The molecule has 0 radical (unpaired) electrons. The third kappa shape index (κ3) is 7.05. The number of ketones is 1. The van der Waals surface area contributed by atoms with Gasteiger partial charge in [-0.15, -0.1) is 0 Å². The van der Waals surface area contributed by atoms with E-state index >= 15 is 0 Å². The van der Waals surface area contributed by atoms with Gasteiger partial charge in [-0.2, -0.15) is 0 Å². The minimum atomic E-state index is -1.02. The molecule has 7 nitrogen and oxygen atoms in total. The van der Waals surface area contributed by atoms with Crippen LogP contribution in [0.5, 0.6) is 0 Å². The average molecular weight is 447 g/mol. The molecule has 7 heteroatoms. The first kappa shape index (κ1) is 25.8. The van der Waals surface area contributed by atoms with E-state index in [4.69, 9.17) is 4.74 Å². The predicted octanol–water partition coefficient (Wildman–Crippen LogP) is 3.41. The van der Waals surface area contributed by atoms with Crippen molar-refractivity contribution in [1.29, 1.82) is 0 Å². The molecule has 1 fully saturated rings. The molecule has 3 N–H and O–H groups in total. The largest absolute Gasteiger partial charge is 0.444 e. The number of rotatable bonds is 9. The molecule has 2 rings (SSSR count). The molecule has 0 saturated heterocycles. The molecule has 2 unspecified atom stereocenters. The number of aliphatic hydroxyl groups excluding tert-OH is 1. The molecule has 32 heavy (non-hydrogen) atoms. The van der Waals surface area contributed by atoms with Crippen LogP contribution in [0.25, 0.3) is 0 Å². The zero-order valence-electron chi connectivity index (χ0n) is 20.2. The first-order chi connectivity index (χ1) is 14.8. The van der Waals surface area contributed by atoms with Crippen LogP contribution in [0.1, 0.15) is 66.4 Å². The second-order valence-corrected chi connectivity index (χ2v) is 10.4. The zero-order valence-corrected chi connectivity index (χ0v) is 20.2. The summed E-state index contributed by atoms with van der Waals surface area (Å²) in [6.45, 7) is 13.0. The van der Waals surface area contributed by atoms with E-state index in [9.17, 15) is 19.5 Å². The molecule has 1 saturated carbocycles. The lowest BCUT2D eigenvalue weighted by Gasteiger charge is -2.30. The molecule has 5 atom stereocenters. The van der Waals surface area contributed by atoms with Crippen molar-refractivity contribution in [2.24, 2.45) is 17.8 Å². The van der Waals surface area contributed by atoms with Gasteiger partial charge >= 0.3 is 6.09 Å². The number of Topliss-reactive ketones (excluding diaryl/α,β-unsaturated/α-hetero) is 1. The molecule has 0 bridgehead atoms. The first-order valence-corrected chi connectivity index (χ1v) is 11.4. The molecule has 0 heterocycles. The summed E-state index contributed by atoms with van der Waals surface area (Å²) in [5.74, 6) is -1.28. The number of nitrogens with one attached hydrogen (secondary N) is 2. The highest BCUT2D eigenvalue weighted by Crippen LogP contribution is 2.46. The summed E-state index contributed by atoms with van der Waals surface area (Å²) in [7, 11) is 0. The Hall–Kier alpha value is -2.41. The molecule has 1 aromatic rings. The van der Waals surface area contributed by atoms with E-state index in [-0.39, 0.29) is 23.5 Å². The fraction of sp³-hybridized carbons (Fsp3) is 0.640. The van der Waals surface area contributed by atoms with Crippen molar-refractivity contribution in [1.82, 2.24) is 10.6 Å². The molecule has 178 valence electrons. The number of hydrogen-bond acceptors (Lipinski definition) is 5. The van der Waals surface area contributed by atoms with Gasteiger partial charge in [-0.25, -0.2) is 4.79 Å². The van der Waals surface area contributed by atoms with E-state index in [1.165, 1.54) is 0 Å². The number of alkyl carbamates (subject to hydrolysis) is 1. The van der Waals surface area contributed by atoms with Gasteiger partial charge in [0, 0.05) is 0 Å². The van der Waals surface area contributed by atoms with Gasteiger partial charge in [0.15, 0.2) is 0 Å². The van der Waals surface area contributed by atoms with Crippen molar-refractivity contribution in [2.45, 2.75) is 84.6 Å². The Bertz CT molecular complexity index is 800. The van der Waals surface area contributed by atoms with Crippen molar-refractivity contribution >= 4 is 17.8 Å². The van der Waals surface area contributed by atoms with Crippen LogP contribution in [0.4, 0.5) is 4.79 Å². The van der Waals surface area contributed by atoms with Crippen LogP contribution in [0.3, 0.4) is 0 Å². The van der Waals surface area contributed by atoms with Gasteiger partial charge < -0.3 is 20.5 Å². The number of aliphatic hydroxyl groups is 1. The average Bonchev–Trinajstić information content (AvgIpc) is 3.34. The van der Waals surface area contributed by atoms with E-state index in [0.29, 0.717) is 6.42 Å². The second-order valence-electron chi connectivity index (χ2n) is 10.4. The third-order valence-corrected chi connectivity index (χ3v) is 5.52. The summed E-state index contributed by atoms with van der Waals surface area (Å²) in [5.41, 5.74) is 0.193. The van der Waals surface area contributed by atoms with Crippen LogP contribution in [0.15, 0.2) is 30.3 Å². The minimum absolute atomic E-state index is 0.0193. The maximum atomic E-state index is 13.1. The summed E-state index contributed by atoms with van der Waals surface area (Å²) in [6.07, 6.45) is -1.26. The zero-order chi connectivity index (χ0) is 24.2. The topological polar surface area (TPSA) is 105 Å². The summed E-state index contributed by atoms with van der Waals surface area (Å²) >= 11 is 0. The van der Waals surface area contributed by atoms with Gasteiger partial charge in [-0.1, -0.05) is 58.0 Å². The molecule has 0 aromatic heterocycles. The molecule has 0 spiro atoms. The lowest BCUT2D eigenvalue weighted by atomic mass is 9.92. The summed E-state index contributed by atoms with van der Waals surface area (Å²) in [6, 6.07) is 7.93. The third-order valence-electron chi connectivity index (χ3n) is 5.52. The minimum Gasteiger partial charge on any atom is -0.444 e. The van der Waals surface area contributed by atoms with Crippen LogP contribution in [-0.4, -0.2) is 46.7 Å². The molecule has 1 aliphatic carbocycles. The van der Waals surface area contributed by atoms with Crippen molar-refractivity contribution < 1.29 is 24.2 Å². The normalized spacial score (nSPS) is 21.1. The Labute approximate surface area is 191 Å². The molecule has 0 aliphatic heterocycles. The number of benzene rings is 1. The molecular weight excluding hydrogens is 408 g/mol. The predicted molar refractivity (Wildman–Crippen MR) is 123 cm³/mol. The Balaban J connectivity index is 2.11. The smallest absolute Gasteiger partial charge is 0.408 e. The highest BCUT2D eigenvalue weighted by atomic mass is 16.6. The van der Waals surface area contributed by atoms with Gasteiger partial charge in [-0.3, -0.25) is 9.59 Å². The Kier molecular flexibility index (Phi) is 8.46. The van der Waals surface area contributed by atoms with Gasteiger partial charge in [0.2, 0.25) is 5.91 Å². The lowest BCUT2D eigenvalue weighted by molar-refractivity contribution is -0.126. The number of ether oxygens (including phenoxy) is 1. The Morgan fingerprint density at radius 1 is 1.06 bits per heavy atom. The maximum absolute atomic E-state index is 13.1. The lowest BCUT2D eigenvalue weighted by Crippen LogP contribution is -2.55. The Morgan fingerprint density at radius 3 is 2.16 bits per heavy atom. The van der Waals surface area contributed by atoms with Crippen molar-refractivity contribution in [3.05, 3.63) is 35.9 Å². The van der Waals surface area contributed by atoms with Crippen LogP contribution < -0.4 is 10.6 Å². The molecule has 1 aliphatic rings. The molecule has 2 amide bonds. The van der Waals surface area contributed by atoms with Crippen LogP contribution >= 0.6 is 0 Å². The maximum Gasteiger partial charge on any atom is 0.408 e. The fourth-order valence-corrected chi connectivity index (χ4v) is 3.94. The molecular formula is C25H38N2O5. The van der Waals surface area contributed by atoms with E-state index in [1.54, 1.807) is 20.8 Å². The molecule has 1 aromatic carbocycles. The van der Waals surface area contributed by atoms with E-state index in [2.05, 4.69) is 10.6 Å². The summed E-state index contributed by atoms with van der Waals surface area (Å²) < 4.78 is 5.30. The number of hydrogen-bond donors (Lipinski definition) is 3. The van der Waals surface area contributed by atoms with Gasteiger partial charge in [-0.05, 0) is 44.6 Å². The highest BCUT2D eigenvalue weighted by molar-refractivity contribution is 6.05. The fourth-order valence-electron chi connectivity index (χ4n) is 3.94. The van der Waals surface area contributed by atoms with Crippen LogP contribution in [-0.2, 0) is 14.3 Å².